The Labute approximate surface area is 96.9 Å². The van der Waals surface area contributed by atoms with Gasteiger partial charge < -0.3 is 15.2 Å². The molecule has 1 aromatic carbocycles. The lowest BCUT2D eigenvalue weighted by Crippen LogP contribution is -2.45. The van der Waals surface area contributed by atoms with Crippen LogP contribution in [-0.4, -0.2) is 20.0 Å². The first-order valence-electron chi connectivity index (χ1n) is 5.20. The smallest absolute Gasteiger partial charge is 0.147 e. The van der Waals surface area contributed by atoms with Gasteiger partial charge in [0, 0.05) is 7.11 Å². The summed E-state index contributed by atoms with van der Waals surface area (Å²) in [5.74, 6) is 0. The number of methoxy groups -OCH3 is 1. The van der Waals surface area contributed by atoms with Crippen LogP contribution in [0.1, 0.15) is 12.5 Å². The number of benzene rings is 1. The van der Waals surface area contributed by atoms with Crippen molar-refractivity contribution in [2.24, 2.45) is 5.73 Å². The van der Waals surface area contributed by atoms with Crippen molar-refractivity contribution in [3.05, 3.63) is 48.6 Å². The van der Waals surface area contributed by atoms with E-state index in [4.69, 9.17) is 15.2 Å². The summed E-state index contributed by atoms with van der Waals surface area (Å²) >= 11 is 0. The van der Waals surface area contributed by atoms with Crippen molar-refractivity contribution in [3.63, 3.8) is 0 Å². The monoisotopic (exact) mass is 221 g/mol. The molecule has 0 aromatic heterocycles. The van der Waals surface area contributed by atoms with Crippen LogP contribution in [0.15, 0.2) is 43.0 Å². The van der Waals surface area contributed by atoms with Crippen LogP contribution in [0.5, 0.6) is 0 Å². The zero-order chi connectivity index (χ0) is 12.0. The number of nitrogens with two attached hydrogens (primary N) is 1. The molecule has 0 saturated heterocycles. The Morgan fingerprint density at radius 3 is 2.56 bits per heavy atom. The van der Waals surface area contributed by atoms with E-state index in [0.29, 0.717) is 0 Å². The van der Waals surface area contributed by atoms with Crippen molar-refractivity contribution in [1.29, 1.82) is 0 Å². The van der Waals surface area contributed by atoms with Gasteiger partial charge in [0.2, 0.25) is 0 Å². The average molecular weight is 221 g/mol. The summed E-state index contributed by atoms with van der Waals surface area (Å²) in [6.45, 7) is 5.87. The van der Waals surface area contributed by atoms with Crippen molar-refractivity contribution in [3.8, 4) is 0 Å². The van der Waals surface area contributed by atoms with Crippen LogP contribution in [0.25, 0.3) is 0 Å². The van der Waals surface area contributed by atoms with Crippen LogP contribution in [0, 0.1) is 0 Å². The number of rotatable bonds is 6. The average Bonchev–Trinajstić information content (AvgIpc) is 2.31. The van der Waals surface area contributed by atoms with Gasteiger partial charge in [-0.15, -0.1) is 6.58 Å². The fraction of sp³-hybridized carbons (Fsp3) is 0.385. The summed E-state index contributed by atoms with van der Waals surface area (Å²) in [6.07, 6.45) is 1.42. The second-order valence-corrected chi connectivity index (χ2v) is 3.88. The van der Waals surface area contributed by atoms with Gasteiger partial charge in [0.1, 0.15) is 6.79 Å². The van der Waals surface area contributed by atoms with Gasteiger partial charge in [-0.3, -0.25) is 0 Å². The van der Waals surface area contributed by atoms with Crippen LogP contribution in [0.2, 0.25) is 0 Å². The highest BCUT2D eigenvalue weighted by molar-refractivity contribution is 5.26. The third kappa shape index (κ3) is 2.92. The van der Waals surface area contributed by atoms with E-state index in [-0.39, 0.29) is 12.9 Å². The predicted octanol–water partition coefficient (Wildman–Crippen LogP) is 2.04. The Hall–Kier alpha value is -1.16. The Morgan fingerprint density at radius 2 is 2.06 bits per heavy atom. The molecule has 0 aliphatic rings. The number of hydrogen-bond donors (Lipinski definition) is 1. The van der Waals surface area contributed by atoms with E-state index in [9.17, 15) is 0 Å². The summed E-state index contributed by atoms with van der Waals surface area (Å²) in [4.78, 5) is 0. The molecule has 88 valence electrons. The molecule has 1 aromatic rings. The van der Waals surface area contributed by atoms with Gasteiger partial charge >= 0.3 is 0 Å². The van der Waals surface area contributed by atoms with Gasteiger partial charge in [-0.1, -0.05) is 36.4 Å². The maximum Gasteiger partial charge on any atom is 0.147 e. The third-order valence-corrected chi connectivity index (χ3v) is 2.57. The van der Waals surface area contributed by atoms with Crippen molar-refractivity contribution in [1.82, 2.24) is 0 Å². The quantitative estimate of drug-likeness (QED) is 0.590. The van der Waals surface area contributed by atoms with Gasteiger partial charge in [-0.2, -0.15) is 0 Å². The molecule has 3 heteroatoms. The van der Waals surface area contributed by atoms with Gasteiger partial charge in [0.15, 0.2) is 0 Å². The fourth-order valence-electron chi connectivity index (χ4n) is 1.59. The van der Waals surface area contributed by atoms with Gasteiger partial charge in [-0.05, 0) is 12.5 Å². The normalized spacial score (nSPS) is 16.4. The molecule has 0 fully saturated rings. The van der Waals surface area contributed by atoms with Gasteiger partial charge in [-0.25, -0.2) is 0 Å². The predicted molar refractivity (Wildman–Crippen MR) is 64.9 cm³/mol. The second kappa shape index (κ2) is 5.80. The lowest BCUT2D eigenvalue weighted by molar-refractivity contribution is -0.0772. The topological polar surface area (TPSA) is 44.5 Å². The molecule has 0 aliphatic heterocycles. The minimum atomic E-state index is -0.610. The lowest BCUT2D eigenvalue weighted by Gasteiger charge is -2.32. The molecule has 2 atom stereocenters. The van der Waals surface area contributed by atoms with E-state index in [2.05, 4.69) is 6.58 Å². The van der Waals surface area contributed by atoms with Crippen molar-refractivity contribution in [2.45, 2.75) is 18.6 Å². The summed E-state index contributed by atoms with van der Waals surface area (Å²) in [6, 6.07) is 9.83. The Kier molecular flexibility index (Phi) is 4.68. The SMILES string of the molecule is C=C[C@@H](OCOC)[C@](C)(N)c1ccccc1. The van der Waals surface area contributed by atoms with E-state index in [0.717, 1.165) is 5.56 Å². The molecular formula is C13H19NO2. The lowest BCUT2D eigenvalue weighted by atomic mass is 9.87. The fourth-order valence-corrected chi connectivity index (χ4v) is 1.59. The molecular weight excluding hydrogens is 202 g/mol. The minimum Gasteiger partial charge on any atom is -0.359 e. The molecule has 0 aliphatic carbocycles. The minimum absolute atomic E-state index is 0.205. The van der Waals surface area contributed by atoms with E-state index in [1.807, 2.05) is 37.3 Å². The first-order valence-corrected chi connectivity index (χ1v) is 5.20. The van der Waals surface area contributed by atoms with E-state index >= 15 is 0 Å². The molecule has 0 heterocycles. The first-order chi connectivity index (χ1) is 7.62. The molecule has 0 radical (unpaired) electrons. The molecule has 0 unspecified atom stereocenters. The molecule has 3 nitrogen and oxygen atoms in total. The summed E-state index contributed by atoms with van der Waals surface area (Å²) in [7, 11) is 1.58. The zero-order valence-corrected chi connectivity index (χ0v) is 9.85. The Morgan fingerprint density at radius 1 is 1.44 bits per heavy atom. The summed E-state index contributed by atoms with van der Waals surface area (Å²) in [5.41, 5.74) is 6.68. The highest BCUT2D eigenvalue weighted by Gasteiger charge is 2.30. The second-order valence-electron chi connectivity index (χ2n) is 3.88. The van der Waals surface area contributed by atoms with Crippen LogP contribution >= 0.6 is 0 Å². The van der Waals surface area contributed by atoms with Crippen molar-refractivity contribution >= 4 is 0 Å². The molecule has 1 rings (SSSR count). The van der Waals surface area contributed by atoms with E-state index in [1.165, 1.54) is 0 Å². The first kappa shape index (κ1) is 12.9. The third-order valence-electron chi connectivity index (χ3n) is 2.57. The molecule has 0 amide bonds. The molecule has 2 N–H and O–H groups in total. The van der Waals surface area contributed by atoms with E-state index < -0.39 is 5.54 Å². The number of ether oxygens (including phenoxy) is 2. The maximum absolute atomic E-state index is 6.28. The molecule has 0 saturated carbocycles. The van der Waals surface area contributed by atoms with Crippen LogP contribution in [0.3, 0.4) is 0 Å². The molecule has 0 bridgehead atoms. The standard InChI is InChI=1S/C13H19NO2/c1-4-12(16-10-15-3)13(2,14)11-8-6-5-7-9-11/h4-9,12H,1,10,14H2,2-3H3/t12-,13-/m1/s1. The van der Waals surface area contributed by atoms with Crippen LogP contribution in [-0.2, 0) is 15.0 Å². The molecule has 16 heavy (non-hydrogen) atoms. The zero-order valence-electron chi connectivity index (χ0n) is 9.85. The summed E-state index contributed by atoms with van der Waals surface area (Å²) in [5, 5.41) is 0. The Bertz CT molecular complexity index is 322. The van der Waals surface area contributed by atoms with Gasteiger partial charge in [0.25, 0.3) is 0 Å². The van der Waals surface area contributed by atoms with Crippen molar-refractivity contribution in [2.75, 3.05) is 13.9 Å². The van der Waals surface area contributed by atoms with Crippen molar-refractivity contribution < 1.29 is 9.47 Å². The van der Waals surface area contributed by atoms with Gasteiger partial charge in [0.05, 0.1) is 11.6 Å². The highest BCUT2D eigenvalue weighted by Crippen LogP contribution is 2.24. The van der Waals surface area contributed by atoms with E-state index in [1.54, 1.807) is 13.2 Å². The summed E-state index contributed by atoms with van der Waals surface area (Å²) < 4.78 is 10.4. The van der Waals surface area contributed by atoms with Crippen LogP contribution in [0.4, 0.5) is 0 Å². The van der Waals surface area contributed by atoms with Crippen LogP contribution < -0.4 is 5.73 Å². The largest absolute Gasteiger partial charge is 0.359 e. The Balaban J connectivity index is 2.85. The molecule has 0 spiro atoms. The number of hydrogen-bond acceptors (Lipinski definition) is 3. The maximum atomic E-state index is 6.28. The highest BCUT2D eigenvalue weighted by atomic mass is 16.7.